The molecule has 1 unspecified atom stereocenters. The fourth-order valence-electron chi connectivity index (χ4n) is 1.57. The first-order valence-electron chi connectivity index (χ1n) is 5.67. The Balaban J connectivity index is 0.00000289. The van der Waals surface area contributed by atoms with E-state index in [0.717, 1.165) is 11.6 Å². The summed E-state index contributed by atoms with van der Waals surface area (Å²) in [5.74, 6) is 1.45. The van der Waals surface area contributed by atoms with Crippen molar-refractivity contribution < 1.29 is 9.59 Å². The van der Waals surface area contributed by atoms with Gasteiger partial charge in [-0.05, 0) is 20.8 Å². The Bertz CT molecular complexity index is 301. The third-order valence-electron chi connectivity index (χ3n) is 2.29. The van der Waals surface area contributed by atoms with Crippen LogP contribution in [0.15, 0.2) is 0 Å². The molecule has 2 N–H and O–H groups in total. The van der Waals surface area contributed by atoms with E-state index < -0.39 is 0 Å². The summed E-state index contributed by atoms with van der Waals surface area (Å²) in [5.41, 5.74) is -0.261. The van der Waals surface area contributed by atoms with Crippen LogP contribution in [0.4, 0.5) is 0 Å². The van der Waals surface area contributed by atoms with E-state index in [2.05, 4.69) is 10.6 Å². The maximum absolute atomic E-state index is 11.9. The first-order chi connectivity index (χ1) is 7.79. The van der Waals surface area contributed by atoms with Gasteiger partial charge >= 0.3 is 0 Å². The van der Waals surface area contributed by atoms with Gasteiger partial charge in [-0.15, -0.1) is 24.2 Å². The van der Waals surface area contributed by atoms with Crippen molar-refractivity contribution in [2.75, 3.05) is 25.2 Å². The van der Waals surface area contributed by atoms with Gasteiger partial charge in [0.05, 0.1) is 12.6 Å². The number of thioether (sulfide) groups is 1. The van der Waals surface area contributed by atoms with E-state index in [9.17, 15) is 9.59 Å². The molecule has 0 aromatic rings. The molecule has 1 fully saturated rings. The summed E-state index contributed by atoms with van der Waals surface area (Å²) in [6, 6.07) is -0.146. The van der Waals surface area contributed by atoms with Gasteiger partial charge in [-0.1, -0.05) is 0 Å². The molecule has 0 aromatic heterocycles. The molecule has 1 atom stereocenters. The maximum Gasteiger partial charge on any atom is 0.240 e. The van der Waals surface area contributed by atoms with E-state index in [0.29, 0.717) is 0 Å². The zero-order chi connectivity index (χ0) is 13.1. The van der Waals surface area contributed by atoms with Crippen LogP contribution in [-0.2, 0) is 9.59 Å². The van der Waals surface area contributed by atoms with Gasteiger partial charge in [0.25, 0.3) is 0 Å². The fraction of sp³-hybridized carbons (Fsp3) is 0.818. The lowest BCUT2D eigenvalue weighted by Gasteiger charge is -2.24. The molecule has 7 heteroatoms. The predicted molar refractivity (Wildman–Crippen MR) is 77.0 cm³/mol. The highest BCUT2D eigenvalue weighted by Crippen LogP contribution is 2.11. The van der Waals surface area contributed by atoms with Gasteiger partial charge in [-0.2, -0.15) is 0 Å². The molecule has 1 saturated heterocycles. The second kappa shape index (κ2) is 7.21. The normalized spacial score (nSPS) is 19.0. The van der Waals surface area contributed by atoms with Gasteiger partial charge in [-0.3, -0.25) is 14.9 Å². The second-order valence-corrected chi connectivity index (χ2v) is 6.29. The summed E-state index contributed by atoms with van der Waals surface area (Å²) in [6.45, 7) is 5.87. The number of nitrogens with one attached hydrogen (secondary N) is 2. The van der Waals surface area contributed by atoms with Crippen molar-refractivity contribution >= 4 is 36.0 Å². The number of amides is 2. The monoisotopic (exact) mass is 295 g/mol. The average molecular weight is 296 g/mol. The third-order valence-corrected chi connectivity index (χ3v) is 3.23. The molecule has 5 nitrogen and oxygen atoms in total. The van der Waals surface area contributed by atoms with Crippen molar-refractivity contribution in [3.05, 3.63) is 0 Å². The fourth-order valence-corrected chi connectivity index (χ4v) is 2.50. The molecule has 0 aromatic carbocycles. The summed E-state index contributed by atoms with van der Waals surface area (Å²) in [5, 5.41) is 5.94. The van der Waals surface area contributed by atoms with Crippen LogP contribution in [0.25, 0.3) is 0 Å². The van der Waals surface area contributed by atoms with Crippen LogP contribution in [0.3, 0.4) is 0 Å². The molecular formula is C11H22ClN3O2S. The molecular weight excluding hydrogens is 274 g/mol. The van der Waals surface area contributed by atoms with Gasteiger partial charge in [0, 0.05) is 24.2 Å². The quantitative estimate of drug-likeness (QED) is 0.793. The van der Waals surface area contributed by atoms with E-state index in [1.165, 1.54) is 4.90 Å². The highest BCUT2D eigenvalue weighted by atomic mass is 35.5. The number of halogens is 1. The topological polar surface area (TPSA) is 61.4 Å². The van der Waals surface area contributed by atoms with Crippen LogP contribution in [0.1, 0.15) is 20.8 Å². The Labute approximate surface area is 119 Å². The van der Waals surface area contributed by atoms with Crippen LogP contribution in [0.5, 0.6) is 0 Å². The molecule has 0 saturated carbocycles. The number of rotatable bonds is 3. The average Bonchev–Trinajstić information content (AvgIpc) is 2.65. The maximum atomic E-state index is 11.9. The number of likely N-dealkylation sites (N-methyl/N-ethyl adjacent to an activating group) is 1. The minimum Gasteiger partial charge on any atom is -0.350 e. The summed E-state index contributed by atoms with van der Waals surface area (Å²) < 4.78 is 0. The second-order valence-electron chi connectivity index (χ2n) is 5.26. The van der Waals surface area contributed by atoms with Crippen molar-refractivity contribution in [2.24, 2.45) is 0 Å². The van der Waals surface area contributed by atoms with Gasteiger partial charge in [-0.25, -0.2) is 0 Å². The van der Waals surface area contributed by atoms with Crippen LogP contribution >= 0.6 is 24.2 Å². The smallest absolute Gasteiger partial charge is 0.240 e. The highest BCUT2D eigenvalue weighted by Gasteiger charge is 2.26. The summed E-state index contributed by atoms with van der Waals surface area (Å²) in [4.78, 5) is 25.1. The Morgan fingerprint density at radius 3 is 2.50 bits per heavy atom. The molecule has 106 valence electrons. The number of hydrogen-bond acceptors (Lipinski definition) is 4. The van der Waals surface area contributed by atoms with Crippen molar-refractivity contribution in [3.63, 3.8) is 0 Å². The molecule has 1 heterocycles. The van der Waals surface area contributed by atoms with Crippen molar-refractivity contribution in [3.8, 4) is 0 Å². The number of carbonyl (C=O) groups is 2. The summed E-state index contributed by atoms with van der Waals surface area (Å²) in [7, 11) is 1.66. The third kappa shape index (κ3) is 5.93. The van der Waals surface area contributed by atoms with E-state index in [1.54, 1.807) is 18.8 Å². The lowest BCUT2D eigenvalue weighted by atomic mass is 10.1. The van der Waals surface area contributed by atoms with Crippen LogP contribution < -0.4 is 10.6 Å². The van der Waals surface area contributed by atoms with Crippen molar-refractivity contribution in [1.82, 2.24) is 15.5 Å². The zero-order valence-electron chi connectivity index (χ0n) is 11.3. The lowest BCUT2D eigenvalue weighted by molar-refractivity contribution is -0.136. The molecule has 1 rings (SSSR count). The van der Waals surface area contributed by atoms with E-state index in [1.807, 2.05) is 20.8 Å². The molecule has 18 heavy (non-hydrogen) atoms. The SMILES string of the molecule is CN(CC(=O)NC(C)(C)C)C(=O)C1CSCN1.Cl. The highest BCUT2D eigenvalue weighted by molar-refractivity contribution is 7.99. The predicted octanol–water partition coefficient (Wildman–Crippen LogP) is 0.444. The number of hydrogen-bond donors (Lipinski definition) is 2. The summed E-state index contributed by atoms with van der Waals surface area (Å²) >= 11 is 1.70. The van der Waals surface area contributed by atoms with Crippen molar-refractivity contribution in [2.45, 2.75) is 32.4 Å². The Kier molecular flexibility index (Phi) is 7.02. The zero-order valence-corrected chi connectivity index (χ0v) is 12.9. The van der Waals surface area contributed by atoms with Gasteiger partial charge in [0.2, 0.25) is 11.8 Å². The minimum absolute atomic E-state index is 0. The van der Waals surface area contributed by atoms with E-state index in [4.69, 9.17) is 0 Å². The molecule has 0 radical (unpaired) electrons. The molecule has 2 amide bonds. The van der Waals surface area contributed by atoms with Gasteiger partial charge in [0.15, 0.2) is 0 Å². The molecule has 1 aliphatic heterocycles. The standard InChI is InChI=1S/C11H21N3O2S.ClH/c1-11(2,3)13-9(15)5-14(4)10(16)8-6-17-7-12-8;/h8,12H,5-7H2,1-4H3,(H,13,15);1H. The largest absolute Gasteiger partial charge is 0.350 e. The van der Waals surface area contributed by atoms with Crippen LogP contribution in [0.2, 0.25) is 0 Å². The first kappa shape index (κ1) is 17.5. The van der Waals surface area contributed by atoms with Crippen molar-refractivity contribution in [1.29, 1.82) is 0 Å². The van der Waals surface area contributed by atoms with Crippen LogP contribution in [0, 0.1) is 0 Å². The molecule has 0 bridgehead atoms. The molecule has 0 aliphatic carbocycles. The number of nitrogens with zero attached hydrogens (tertiary/aromatic N) is 1. The Morgan fingerprint density at radius 2 is 2.06 bits per heavy atom. The van der Waals surface area contributed by atoms with E-state index in [-0.39, 0.29) is 42.3 Å². The Hall–Kier alpha value is -0.460. The molecule has 1 aliphatic rings. The summed E-state index contributed by atoms with van der Waals surface area (Å²) in [6.07, 6.45) is 0. The first-order valence-corrected chi connectivity index (χ1v) is 6.82. The van der Waals surface area contributed by atoms with Crippen LogP contribution in [-0.4, -0.2) is 53.5 Å². The van der Waals surface area contributed by atoms with Gasteiger partial charge in [0.1, 0.15) is 0 Å². The number of carbonyl (C=O) groups excluding carboxylic acids is 2. The molecule has 0 spiro atoms. The van der Waals surface area contributed by atoms with E-state index >= 15 is 0 Å². The minimum atomic E-state index is -0.261. The van der Waals surface area contributed by atoms with Gasteiger partial charge < -0.3 is 10.2 Å². The lowest BCUT2D eigenvalue weighted by Crippen LogP contribution is -2.49. The Morgan fingerprint density at radius 1 is 1.44 bits per heavy atom.